The smallest absolute Gasteiger partial charge is 0.342 e. The molecule has 0 unspecified atom stereocenters. The van der Waals surface area contributed by atoms with Crippen molar-refractivity contribution in [2.24, 2.45) is 5.92 Å². The summed E-state index contributed by atoms with van der Waals surface area (Å²) in [6.45, 7) is 7.72. The molecule has 0 aliphatic heterocycles. The SMILES string of the molecule is CCOC(=O)c1c(C)nc2cccc(OC[C@@H](NC(=O)c3ccccc3O)C(C)C)c2c1N. The Bertz CT molecular complexity index is 1180. The molecule has 0 aliphatic rings. The molecule has 3 rings (SSSR count). The van der Waals surface area contributed by atoms with Gasteiger partial charge in [-0.05, 0) is 44.0 Å². The standard InChI is InChI=1S/C25H29N3O5/c1-5-32-25(31)21-15(4)27-17-10-8-12-20(22(17)23(21)26)33-13-18(14(2)3)28-24(30)16-9-6-7-11-19(16)29/h6-12,14,18,29H,5,13H2,1-4H3,(H2,26,27)(H,28,30)/t18-/m1/s1. The number of carbonyl (C=O) groups is 2. The van der Waals surface area contributed by atoms with E-state index in [1.165, 1.54) is 6.07 Å². The molecule has 1 aromatic heterocycles. The second-order valence-electron chi connectivity index (χ2n) is 8.01. The van der Waals surface area contributed by atoms with E-state index < -0.39 is 11.9 Å². The highest BCUT2D eigenvalue weighted by Gasteiger charge is 2.23. The number of para-hydroxylation sites is 1. The Hall–Kier alpha value is -3.81. The second-order valence-corrected chi connectivity index (χ2v) is 8.01. The van der Waals surface area contributed by atoms with Gasteiger partial charge in [0.05, 0.1) is 40.5 Å². The lowest BCUT2D eigenvalue weighted by Gasteiger charge is -2.23. The largest absolute Gasteiger partial charge is 0.507 e. The van der Waals surface area contributed by atoms with Crippen molar-refractivity contribution in [1.82, 2.24) is 10.3 Å². The molecule has 33 heavy (non-hydrogen) atoms. The first kappa shape index (κ1) is 23.8. The van der Waals surface area contributed by atoms with Gasteiger partial charge in [-0.1, -0.05) is 32.0 Å². The van der Waals surface area contributed by atoms with Gasteiger partial charge in [0, 0.05) is 0 Å². The summed E-state index contributed by atoms with van der Waals surface area (Å²) in [6, 6.07) is 11.3. The van der Waals surface area contributed by atoms with Gasteiger partial charge >= 0.3 is 5.97 Å². The third kappa shape index (κ3) is 5.16. The zero-order valence-electron chi connectivity index (χ0n) is 19.2. The number of rotatable bonds is 8. The van der Waals surface area contributed by atoms with Crippen LogP contribution in [0.3, 0.4) is 0 Å². The van der Waals surface area contributed by atoms with E-state index >= 15 is 0 Å². The van der Waals surface area contributed by atoms with Crippen LogP contribution in [-0.2, 0) is 4.74 Å². The highest BCUT2D eigenvalue weighted by Crippen LogP contribution is 2.34. The quantitative estimate of drug-likeness (QED) is 0.445. The number of nitrogen functional groups attached to an aromatic ring is 1. The lowest BCUT2D eigenvalue weighted by atomic mass is 10.0. The zero-order chi connectivity index (χ0) is 24.1. The number of nitrogens with zero attached hydrogens (tertiary/aromatic N) is 1. The number of benzene rings is 2. The molecule has 0 saturated carbocycles. The van der Waals surface area contributed by atoms with Gasteiger partial charge in [-0.2, -0.15) is 0 Å². The van der Waals surface area contributed by atoms with Gasteiger partial charge in [-0.15, -0.1) is 0 Å². The molecule has 1 heterocycles. The maximum atomic E-state index is 12.7. The average molecular weight is 452 g/mol. The Morgan fingerprint density at radius 1 is 1.15 bits per heavy atom. The molecule has 2 aromatic carbocycles. The van der Waals surface area contributed by atoms with Gasteiger partial charge in [-0.3, -0.25) is 9.78 Å². The molecule has 0 aliphatic carbocycles. The number of hydrogen-bond donors (Lipinski definition) is 3. The molecule has 0 fully saturated rings. The van der Waals surface area contributed by atoms with Crippen LogP contribution in [-0.4, -0.2) is 41.2 Å². The fourth-order valence-corrected chi connectivity index (χ4v) is 3.51. The number of aromatic hydroxyl groups is 1. The highest BCUT2D eigenvalue weighted by atomic mass is 16.5. The van der Waals surface area contributed by atoms with E-state index in [9.17, 15) is 14.7 Å². The van der Waals surface area contributed by atoms with Crippen LogP contribution in [0.15, 0.2) is 42.5 Å². The van der Waals surface area contributed by atoms with Crippen molar-refractivity contribution in [2.45, 2.75) is 33.7 Å². The van der Waals surface area contributed by atoms with E-state index in [2.05, 4.69) is 10.3 Å². The number of carbonyl (C=O) groups excluding carboxylic acids is 2. The van der Waals surface area contributed by atoms with E-state index in [4.69, 9.17) is 15.2 Å². The number of amides is 1. The van der Waals surface area contributed by atoms with Crippen LogP contribution in [0, 0.1) is 12.8 Å². The minimum absolute atomic E-state index is 0.0441. The molecule has 4 N–H and O–H groups in total. The molecule has 174 valence electrons. The molecule has 0 spiro atoms. The molecule has 0 saturated heterocycles. The van der Waals surface area contributed by atoms with Gasteiger partial charge in [0.25, 0.3) is 5.91 Å². The molecule has 1 amide bonds. The predicted molar refractivity (Wildman–Crippen MR) is 127 cm³/mol. The summed E-state index contributed by atoms with van der Waals surface area (Å²) in [5, 5.41) is 13.4. The van der Waals surface area contributed by atoms with Crippen LogP contribution in [0.2, 0.25) is 0 Å². The van der Waals surface area contributed by atoms with Crippen LogP contribution >= 0.6 is 0 Å². The summed E-state index contributed by atoms with van der Waals surface area (Å²) in [6.07, 6.45) is 0. The zero-order valence-corrected chi connectivity index (χ0v) is 19.2. The molecule has 3 aromatic rings. The topological polar surface area (TPSA) is 124 Å². The molecule has 1 atom stereocenters. The summed E-state index contributed by atoms with van der Waals surface area (Å²) in [4.78, 5) is 29.6. The lowest BCUT2D eigenvalue weighted by Crippen LogP contribution is -2.42. The fraction of sp³-hybridized carbons (Fsp3) is 0.320. The van der Waals surface area contributed by atoms with E-state index in [0.29, 0.717) is 22.3 Å². The van der Waals surface area contributed by atoms with Gasteiger partial charge in [0.1, 0.15) is 23.7 Å². The van der Waals surface area contributed by atoms with Gasteiger partial charge in [0.2, 0.25) is 0 Å². The number of fused-ring (bicyclic) bond motifs is 1. The van der Waals surface area contributed by atoms with Crippen molar-refractivity contribution in [1.29, 1.82) is 0 Å². The number of nitrogens with one attached hydrogen (secondary N) is 1. The van der Waals surface area contributed by atoms with Crippen molar-refractivity contribution in [3.8, 4) is 11.5 Å². The van der Waals surface area contributed by atoms with Crippen molar-refractivity contribution < 1.29 is 24.2 Å². The van der Waals surface area contributed by atoms with Crippen LogP contribution in [0.5, 0.6) is 11.5 Å². The summed E-state index contributed by atoms with van der Waals surface area (Å²) in [7, 11) is 0. The Kier molecular flexibility index (Phi) is 7.37. The Balaban J connectivity index is 1.88. The number of pyridine rings is 1. The average Bonchev–Trinajstić information content (AvgIpc) is 2.76. The first-order chi connectivity index (χ1) is 15.7. The molecule has 8 nitrogen and oxygen atoms in total. The van der Waals surface area contributed by atoms with Gasteiger partial charge < -0.3 is 25.6 Å². The number of hydrogen-bond acceptors (Lipinski definition) is 7. The third-order valence-electron chi connectivity index (χ3n) is 5.36. The maximum absolute atomic E-state index is 12.7. The first-order valence-electron chi connectivity index (χ1n) is 10.8. The molecule has 8 heteroatoms. The normalized spacial score (nSPS) is 11.9. The van der Waals surface area contributed by atoms with Crippen LogP contribution in [0.1, 0.15) is 47.2 Å². The number of aryl methyl sites for hydroxylation is 1. The second kappa shape index (κ2) is 10.2. The highest BCUT2D eigenvalue weighted by molar-refractivity contribution is 6.07. The lowest BCUT2D eigenvalue weighted by molar-refractivity contribution is 0.0526. The summed E-state index contributed by atoms with van der Waals surface area (Å²) < 4.78 is 11.2. The van der Waals surface area contributed by atoms with Crippen molar-refractivity contribution in [2.75, 3.05) is 18.9 Å². The van der Waals surface area contributed by atoms with Gasteiger partial charge in [0.15, 0.2) is 0 Å². The van der Waals surface area contributed by atoms with Crippen LogP contribution in [0.4, 0.5) is 5.69 Å². The molecular formula is C25H29N3O5. The van der Waals surface area contributed by atoms with Gasteiger partial charge in [-0.25, -0.2) is 4.79 Å². The maximum Gasteiger partial charge on any atom is 0.342 e. The minimum Gasteiger partial charge on any atom is -0.507 e. The first-order valence-corrected chi connectivity index (χ1v) is 10.8. The van der Waals surface area contributed by atoms with Crippen molar-refractivity contribution in [3.05, 3.63) is 59.3 Å². The number of esters is 1. The van der Waals surface area contributed by atoms with E-state index in [1.807, 2.05) is 13.8 Å². The third-order valence-corrected chi connectivity index (χ3v) is 5.36. The summed E-state index contributed by atoms with van der Waals surface area (Å²) in [5.41, 5.74) is 8.09. The number of nitrogens with two attached hydrogens (primary N) is 1. The summed E-state index contributed by atoms with van der Waals surface area (Å²) >= 11 is 0. The predicted octanol–water partition coefficient (Wildman–Crippen LogP) is 3.84. The summed E-state index contributed by atoms with van der Waals surface area (Å²) in [5.74, 6) is -0.525. The van der Waals surface area contributed by atoms with E-state index in [0.717, 1.165) is 0 Å². The minimum atomic E-state index is -0.535. The Morgan fingerprint density at radius 3 is 2.55 bits per heavy atom. The Morgan fingerprint density at radius 2 is 1.88 bits per heavy atom. The van der Waals surface area contributed by atoms with Crippen molar-refractivity contribution >= 4 is 28.5 Å². The van der Waals surface area contributed by atoms with Crippen molar-refractivity contribution in [3.63, 3.8) is 0 Å². The molecule has 0 bridgehead atoms. The monoisotopic (exact) mass is 451 g/mol. The van der Waals surface area contributed by atoms with E-state index in [-0.39, 0.29) is 47.7 Å². The number of aromatic nitrogens is 1. The fourth-order valence-electron chi connectivity index (χ4n) is 3.51. The number of anilines is 1. The van der Waals surface area contributed by atoms with Crippen LogP contribution in [0.25, 0.3) is 10.9 Å². The number of ether oxygens (including phenoxy) is 2. The molecule has 0 radical (unpaired) electrons. The molecular weight excluding hydrogens is 422 g/mol. The Labute approximate surface area is 192 Å². The number of phenols is 1. The van der Waals surface area contributed by atoms with E-state index in [1.54, 1.807) is 50.2 Å². The van der Waals surface area contributed by atoms with Crippen LogP contribution < -0.4 is 15.8 Å². The number of phenolic OH excluding ortho intramolecular Hbond substituents is 1.